The number of thiophene rings is 1. The summed E-state index contributed by atoms with van der Waals surface area (Å²) < 4.78 is 5.65. The molecule has 140 valence electrons. The van der Waals surface area contributed by atoms with Crippen molar-refractivity contribution in [1.82, 2.24) is 25.1 Å². The highest BCUT2D eigenvalue weighted by Crippen LogP contribution is 2.22. The second kappa shape index (κ2) is 7.87. The largest absolute Gasteiger partial charge is 0.484 e. The van der Waals surface area contributed by atoms with Gasteiger partial charge in [0, 0.05) is 6.54 Å². The fourth-order valence-corrected chi connectivity index (χ4v) is 3.88. The fourth-order valence-electron chi connectivity index (χ4n) is 3.23. The number of hydrogen-bond acceptors (Lipinski definition) is 6. The highest BCUT2D eigenvalue weighted by molar-refractivity contribution is 7.13. The van der Waals surface area contributed by atoms with Crippen molar-refractivity contribution in [2.75, 3.05) is 13.2 Å². The lowest BCUT2D eigenvalue weighted by Crippen LogP contribution is -2.41. The first-order chi connectivity index (χ1) is 13.2. The van der Waals surface area contributed by atoms with Gasteiger partial charge in [-0.15, -0.1) is 21.5 Å². The number of hydrogen-bond donors (Lipinski definition) is 0. The molecule has 1 aliphatic rings. The second-order valence-electron chi connectivity index (χ2n) is 6.63. The molecule has 1 amide bonds. The van der Waals surface area contributed by atoms with Crippen LogP contribution < -0.4 is 4.74 Å². The van der Waals surface area contributed by atoms with Gasteiger partial charge < -0.3 is 9.64 Å². The Hall–Kier alpha value is -2.74. The van der Waals surface area contributed by atoms with E-state index in [-0.39, 0.29) is 18.6 Å². The van der Waals surface area contributed by atoms with Gasteiger partial charge in [0.2, 0.25) is 5.82 Å². The number of rotatable bonds is 6. The smallest absolute Gasteiger partial charge is 0.260 e. The standard InChI is InChI=1S/C19H21N5O2S/c1-14-6-8-16(9-7-14)26-13-18(25)23-10-2-4-15(23)12-24-21-19(20-22-24)17-5-3-11-27-17/h3,5-9,11,15H,2,4,10,12-13H2,1H3/t15-/m1/s1. The zero-order chi connectivity index (χ0) is 18.6. The number of likely N-dealkylation sites (tertiary alicyclic amines) is 1. The van der Waals surface area contributed by atoms with E-state index in [2.05, 4.69) is 15.4 Å². The van der Waals surface area contributed by atoms with E-state index in [9.17, 15) is 4.79 Å². The molecule has 4 rings (SSSR count). The Morgan fingerprint density at radius 1 is 1.30 bits per heavy atom. The molecule has 1 aromatic carbocycles. The number of aromatic nitrogens is 4. The number of carbonyl (C=O) groups excluding carboxylic acids is 1. The Kier molecular flexibility index (Phi) is 5.15. The Morgan fingerprint density at radius 3 is 2.93 bits per heavy atom. The van der Waals surface area contributed by atoms with Crippen molar-refractivity contribution in [3.8, 4) is 16.5 Å². The summed E-state index contributed by atoms with van der Waals surface area (Å²) in [5, 5.41) is 14.7. The first kappa shape index (κ1) is 17.7. The van der Waals surface area contributed by atoms with Crippen LogP contribution in [0.25, 0.3) is 10.7 Å². The first-order valence-electron chi connectivity index (χ1n) is 8.99. The summed E-state index contributed by atoms with van der Waals surface area (Å²) in [6, 6.07) is 11.7. The third-order valence-electron chi connectivity index (χ3n) is 4.65. The minimum absolute atomic E-state index is 0.00308. The summed E-state index contributed by atoms with van der Waals surface area (Å²) in [4.78, 5) is 17.1. The summed E-state index contributed by atoms with van der Waals surface area (Å²) >= 11 is 1.58. The van der Waals surface area contributed by atoms with Crippen molar-refractivity contribution in [2.45, 2.75) is 32.4 Å². The van der Waals surface area contributed by atoms with E-state index >= 15 is 0 Å². The van der Waals surface area contributed by atoms with Gasteiger partial charge in [0.15, 0.2) is 6.61 Å². The van der Waals surface area contributed by atoms with E-state index in [1.807, 2.05) is 53.6 Å². The average Bonchev–Trinajstić information content (AvgIpc) is 3.43. The predicted molar refractivity (Wildman–Crippen MR) is 103 cm³/mol. The van der Waals surface area contributed by atoms with Gasteiger partial charge in [0.25, 0.3) is 5.91 Å². The molecule has 7 nitrogen and oxygen atoms in total. The van der Waals surface area contributed by atoms with Crippen molar-refractivity contribution >= 4 is 17.2 Å². The lowest BCUT2D eigenvalue weighted by atomic mass is 10.2. The normalized spacial score (nSPS) is 16.6. The molecule has 0 N–H and O–H groups in total. The first-order valence-corrected chi connectivity index (χ1v) is 9.87. The highest BCUT2D eigenvalue weighted by atomic mass is 32.1. The molecule has 3 heterocycles. The summed E-state index contributed by atoms with van der Waals surface area (Å²) in [5.41, 5.74) is 1.16. The zero-order valence-corrected chi connectivity index (χ0v) is 15.9. The summed E-state index contributed by atoms with van der Waals surface area (Å²) in [7, 11) is 0. The number of tetrazole rings is 1. The zero-order valence-electron chi connectivity index (χ0n) is 15.1. The van der Waals surface area contributed by atoms with Gasteiger partial charge in [-0.1, -0.05) is 23.8 Å². The third-order valence-corrected chi connectivity index (χ3v) is 5.52. The van der Waals surface area contributed by atoms with Gasteiger partial charge in [-0.3, -0.25) is 4.79 Å². The summed E-state index contributed by atoms with van der Waals surface area (Å²) in [5.74, 6) is 1.34. The molecule has 0 saturated carbocycles. The minimum Gasteiger partial charge on any atom is -0.484 e. The van der Waals surface area contributed by atoms with Crippen molar-refractivity contribution < 1.29 is 9.53 Å². The van der Waals surface area contributed by atoms with Crippen LogP contribution in [0.5, 0.6) is 5.75 Å². The number of nitrogens with zero attached hydrogens (tertiary/aromatic N) is 5. The maximum atomic E-state index is 12.6. The second-order valence-corrected chi connectivity index (χ2v) is 7.58. The molecular formula is C19H21N5O2S. The quantitative estimate of drug-likeness (QED) is 0.654. The minimum atomic E-state index is -0.00308. The van der Waals surface area contributed by atoms with Gasteiger partial charge in [-0.25, -0.2) is 0 Å². The maximum absolute atomic E-state index is 12.6. The van der Waals surface area contributed by atoms with Crippen LogP contribution in [0.4, 0.5) is 0 Å². The Bertz CT molecular complexity index is 891. The molecule has 0 radical (unpaired) electrons. The van der Waals surface area contributed by atoms with Gasteiger partial charge in [0.1, 0.15) is 5.75 Å². The van der Waals surface area contributed by atoms with E-state index in [0.717, 1.165) is 29.8 Å². The van der Waals surface area contributed by atoms with Crippen molar-refractivity contribution in [2.24, 2.45) is 0 Å². The lowest BCUT2D eigenvalue weighted by molar-refractivity contribution is -0.134. The van der Waals surface area contributed by atoms with Crippen LogP contribution in [-0.2, 0) is 11.3 Å². The summed E-state index contributed by atoms with van der Waals surface area (Å²) in [6.07, 6.45) is 1.92. The van der Waals surface area contributed by atoms with Gasteiger partial charge in [0.05, 0.1) is 17.5 Å². The molecule has 0 unspecified atom stereocenters. The SMILES string of the molecule is Cc1ccc(OCC(=O)N2CCC[C@@H]2Cn2nnc(-c3cccs3)n2)cc1. The number of benzene rings is 1. The molecule has 0 aliphatic carbocycles. The number of ether oxygens (including phenoxy) is 1. The van der Waals surface area contributed by atoms with Crippen LogP contribution in [-0.4, -0.2) is 50.2 Å². The van der Waals surface area contributed by atoms with Crippen LogP contribution >= 0.6 is 11.3 Å². The Morgan fingerprint density at radius 2 is 2.15 bits per heavy atom. The van der Waals surface area contributed by atoms with Crippen molar-refractivity contribution in [1.29, 1.82) is 0 Å². The molecule has 0 bridgehead atoms. The molecule has 1 fully saturated rings. The molecule has 2 aromatic heterocycles. The van der Waals surface area contributed by atoms with E-state index in [1.54, 1.807) is 16.1 Å². The molecular weight excluding hydrogens is 362 g/mol. The van der Waals surface area contributed by atoms with Crippen LogP contribution in [0.1, 0.15) is 18.4 Å². The van der Waals surface area contributed by atoms with Crippen molar-refractivity contribution in [3.05, 3.63) is 47.3 Å². The fraction of sp³-hybridized carbons (Fsp3) is 0.368. The lowest BCUT2D eigenvalue weighted by Gasteiger charge is -2.24. The molecule has 1 saturated heterocycles. The maximum Gasteiger partial charge on any atom is 0.260 e. The van der Waals surface area contributed by atoms with Crippen LogP contribution in [0.15, 0.2) is 41.8 Å². The van der Waals surface area contributed by atoms with E-state index in [4.69, 9.17) is 4.74 Å². The Labute approximate surface area is 161 Å². The van der Waals surface area contributed by atoms with Crippen LogP contribution in [0, 0.1) is 6.92 Å². The topological polar surface area (TPSA) is 73.1 Å². The molecule has 3 aromatic rings. The monoisotopic (exact) mass is 383 g/mol. The van der Waals surface area contributed by atoms with E-state index < -0.39 is 0 Å². The van der Waals surface area contributed by atoms with Crippen molar-refractivity contribution in [3.63, 3.8) is 0 Å². The van der Waals surface area contributed by atoms with Gasteiger partial charge >= 0.3 is 0 Å². The number of amides is 1. The molecule has 1 aliphatic heterocycles. The van der Waals surface area contributed by atoms with E-state index in [0.29, 0.717) is 18.1 Å². The molecule has 0 spiro atoms. The molecule has 1 atom stereocenters. The number of aryl methyl sites for hydroxylation is 1. The third kappa shape index (κ3) is 4.16. The van der Waals surface area contributed by atoms with Crippen LogP contribution in [0.3, 0.4) is 0 Å². The van der Waals surface area contributed by atoms with E-state index in [1.165, 1.54) is 0 Å². The van der Waals surface area contributed by atoms with Gasteiger partial charge in [-0.2, -0.15) is 4.80 Å². The molecule has 8 heteroatoms. The molecule has 27 heavy (non-hydrogen) atoms. The number of carbonyl (C=O) groups is 1. The highest BCUT2D eigenvalue weighted by Gasteiger charge is 2.30. The van der Waals surface area contributed by atoms with Crippen LogP contribution in [0.2, 0.25) is 0 Å². The average molecular weight is 383 g/mol. The Balaban J connectivity index is 1.35. The summed E-state index contributed by atoms with van der Waals surface area (Å²) in [6.45, 7) is 3.36. The predicted octanol–water partition coefficient (Wildman–Crippen LogP) is 2.78. The van der Waals surface area contributed by atoms with Gasteiger partial charge in [-0.05, 0) is 48.6 Å².